The predicted molar refractivity (Wildman–Crippen MR) is 61.8 cm³/mol. The van der Waals surface area contributed by atoms with Gasteiger partial charge in [0.05, 0.1) is 11.7 Å². The van der Waals surface area contributed by atoms with Gasteiger partial charge in [0.25, 0.3) is 0 Å². The molecule has 0 spiro atoms. The van der Waals surface area contributed by atoms with Crippen LogP contribution < -0.4 is 11.1 Å². The highest BCUT2D eigenvalue weighted by Gasteiger charge is 2.33. The molecule has 1 fully saturated rings. The molecule has 0 saturated carbocycles. The standard InChI is InChI=1S/C12H15F3N2O/c13-12(14,15)7-3-4-9(16)8(6-7)11(18)10-2-1-5-17-10/h3-4,6,10-11,17-18H,1-2,5,16H2. The molecular weight excluding hydrogens is 245 g/mol. The molecule has 0 bridgehead atoms. The lowest BCUT2D eigenvalue weighted by Crippen LogP contribution is -2.29. The number of aliphatic hydroxyl groups is 1. The van der Waals surface area contributed by atoms with Gasteiger partial charge in [-0.3, -0.25) is 0 Å². The van der Waals surface area contributed by atoms with Crippen molar-refractivity contribution in [3.63, 3.8) is 0 Å². The molecule has 2 unspecified atom stereocenters. The van der Waals surface area contributed by atoms with Crippen LogP contribution in [0.25, 0.3) is 0 Å². The zero-order valence-electron chi connectivity index (χ0n) is 9.67. The van der Waals surface area contributed by atoms with E-state index in [1.807, 2.05) is 0 Å². The average molecular weight is 260 g/mol. The van der Waals surface area contributed by atoms with E-state index >= 15 is 0 Å². The van der Waals surface area contributed by atoms with E-state index < -0.39 is 17.8 Å². The Hall–Kier alpha value is -1.27. The van der Waals surface area contributed by atoms with Crippen LogP contribution in [-0.4, -0.2) is 17.7 Å². The molecule has 0 amide bonds. The molecule has 2 atom stereocenters. The maximum atomic E-state index is 12.6. The molecule has 1 aliphatic heterocycles. The van der Waals surface area contributed by atoms with Gasteiger partial charge in [0.15, 0.2) is 0 Å². The molecule has 1 aliphatic rings. The number of aliphatic hydroxyl groups excluding tert-OH is 1. The van der Waals surface area contributed by atoms with Gasteiger partial charge in [-0.05, 0) is 37.6 Å². The van der Waals surface area contributed by atoms with Crippen LogP contribution in [0.5, 0.6) is 0 Å². The molecule has 18 heavy (non-hydrogen) atoms. The predicted octanol–water partition coefficient (Wildman–Crippen LogP) is 2.07. The van der Waals surface area contributed by atoms with Gasteiger partial charge in [0.1, 0.15) is 0 Å². The first-order valence-corrected chi connectivity index (χ1v) is 5.77. The third-order valence-electron chi connectivity index (χ3n) is 3.21. The summed E-state index contributed by atoms with van der Waals surface area (Å²) in [6.45, 7) is 0.764. The molecule has 1 saturated heterocycles. The Morgan fingerprint density at radius 1 is 1.39 bits per heavy atom. The Labute approximate surface area is 103 Å². The highest BCUT2D eigenvalue weighted by molar-refractivity contribution is 5.50. The Morgan fingerprint density at radius 3 is 2.67 bits per heavy atom. The summed E-state index contributed by atoms with van der Waals surface area (Å²) >= 11 is 0. The lowest BCUT2D eigenvalue weighted by atomic mass is 9.97. The van der Waals surface area contributed by atoms with Crippen LogP contribution in [0.3, 0.4) is 0 Å². The topological polar surface area (TPSA) is 58.3 Å². The maximum absolute atomic E-state index is 12.6. The second kappa shape index (κ2) is 4.78. The maximum Gasteiger partial charge on any atom is 0.416 e. The number of hydrogen-bond acceptors (Lipinski definition) is 3. The summed E-state index contributed by atoms with van der Waals surface area (Å²) in [4.78, 5) is 0. The molecular formula is C12H15F3N2O. The minimum Gasteiger partial charge on any atom is -0.398 e. The largest absolute Gasteiger partial charge is 0.416 e. The van der Waals surface area contributed by atoms with Crippen molar-refractivity contribution in [2.24, 2.45) is 0 Å². The van der Waals surface area contributed by atoms with E-state index in [0.29, 0.717) is 0 Å². The summed E-state index contributed by atoms with van der Waals surface area (Å²) in [5.41, 5.74) is 5.19. The first-order valence-electron chi connectivity index (χ1n) is 5.77. The second-order valence-electron chi connectivity index (χ2n) is 4.49. The number of anilines is 1. The van der Waals surface area contributed by atoms with Gasteiger partial charge in [-0.2, -0.15) is 13.2 Å². The fourth-order valence-corrected chi connectivity index (χ4v) is 2.20. The number of rotatable bonds is 2. The van der Waals surface area contributed by atoms with Crippen molar-refractivity contribution in [1.29, 1.82) is 0 Å². The summed E-state index contributed by atoms with van der Waals surface area (Å²) in [6, 6.07) is 2.82. The molecule has 0 aromatic heterocycles. The van der Waals surface area contributed by atoms with Crippen molar-refractivity contribution < 1.29 is 18.3 Å². The molecule has 1 aromatic rings. The number of halogens is 3. The fraction of sp³-hybridized carbons (Fsp3) is 0.500. The number of alkyl halides is 3. The summed E-state index contributed by atoms with van der Waals surface area (Å²) < 4.78 is 37.8. The molecule has 1 heterocycles. The highest BCUT2D eigenvalue weighted by Crippen LogP contribution is 2.34. The van der Waals surface area contributed by atoms with E-state index in [-0.39, 0.29) is 17.3 Å². The van der Waals surface area contributed by atoms with E-state index in [2.05, 4.69) is 5.32 Å². The fourth-order valence-electron chi connectivity index (χ4n) is 2.20. The molecule has 1 aromatic carbocycles. The Kier molecular flexibility index (Phi) is 3.49. The Morgan fingerprint density at radius 2 is 2.11 bits per heavy atom. The number of hydrogen-bond donors (Lipinski definition) is 3. The zero-order chi connectivity index (χ0) is 13.3. The van der Waals surface area contributed by atoms with Crippen LogP contribution in [0.15, 0.2) is 18.2 Å². The lowest BCUT2D eigenvalue weighted by Gasteiger charge is -2.21. The molecule has 0 aliphatic carbocycles. The average Bonchev–Trinajstić information content (AvgIpc) is 2.80. The summed E-state index contributed by atoms with van der Waals surface area (Å²) in [5, 5.41) is 13.1. The van der Waals surface area contributed by atoms with E-state index in [9.17, 15) is 18.3 Å². The number of nitrogen functional groups attached to an aromatic ring is 1. The molecule has 2 rings (SSSR count). The summed E-state index contributed by atoms with van der Waals surface area (Å²) in [5.74, 6) is 0. The van der Waals surface area contributed by atoms with E-state index in [1.54, 1.807) is 0 Å². The second-order valence-corrected chi connectivity index (χ2v) is 4.49. The van der Waals surface area contributed by atoms with Crippen LogP contribution in [0.4, 0.5) is 18.9 Å². The van der Waals surface area contributed by atoms with Gasteiger partial charge in [0.2, 0.25) is 0 Å². The minimum absolute atomic E-state index is 0.143. The van der Waals surface area contributed by atoms with Crippen molar-refractivity contribution >= 4 is 5.69 Å². The van der Waals surface area contributed by atoms with Gasteiger partial charge in [-0.1, -0.05) is 0 Å². The van der Waals surface area contributed by atoms with Gasteiger partial charge in [-0.25, -0.2) is 0 Å². The Balaban J connectivity index is 2.31. The first-order chi connectivity index (χ1) is 8.39. The quantitative estimate of drug-likeness (QED) is 0.713. The van der Waals surface area contributed by atoms with Gasteiger partial charge in [-0.15, -0.1) is 0 Å². The molecule has 6 heteroatoms. The number of nitrogens with one attached hydrogen (secondary N) is 1. The van der Waals surface area contributed by atoms with Crippen LogP contribution in [-0.2, 0) is 6.18 Å². The van der Waals surface area contributed by atoms with Crippen LogP contribution in [0, 0.1) is 0 Å². The van der Waals surface area contributed by atoms with Gasteiger partial charge < -0.3 is 16.2 Å². The van der Waals surface area contributed by atoms with Crippen molar-refractivity contribution in [2.75, 3.05) is 12.3 Å². The summed E-state index contributed by atoms with van der Waals surface area (Å²) in [7, 11) is 0. The molecule has 100 valence electrons. The highest BCUT2D eigenvalue weighted by atomic mass is 19.4. The van der Waals surface area contributed by atoms with Crippen LogP contribution >= 0.6 is 0 Å². The first kappa shape index (κ1) is 13.2. The lowest BCUT2D eigenvalue weighted by molar-refractivity contribution is -0.137. The van der Waals surface area contributed by atoms with Crippen LogP contribution in [0.1, 0.15) is 30.1 Å². The van der Waals surface area contributed by atoms with Crippen molar-refractivity contribution in [2.45, 2.75) is 31.2 Å². The van der Waals surface area contributed by atoms with Gasteiger partial charge in [0, 0.05) is 17.3 Å². The van der Waals surface area contributed by atoms with E-state index in [4.69, 9.17) is 5.73 Å². The normalized spacial score (nSPS) is 22.1. The van der Waals surface area contributed by atoms with E-state index in [1.165, 1.54) is 6.07 Å². The minimum atomic E-state index is -4.43. The SMILES string of the molecule is Nc1ccc(C(F)(F)F)cc1C(O)C1CCCN1. The molecule has 3 nitrogen and oxygen atoms in total. The third kappa shape index (κ3) is 2.59. The summed E-state index contributed by atoms with van der Waals surface area (Å²) in [6.07, 6.45) is -3.79. The van der Waals surface area contributed by atoms with Crippen LogP contribution in [0.2, 0.25) is 0 Å². The van der Waals surface area contributed by atoms with Crippen molar-refractivity contribution in [1.82, 2.24) is 5.32 Å². The smallest absolute Gasteiger partial charge is 0.398 e. The van der Waals surface area contributed by atoms with Gasteiger partial charge >= 0.3 is 6.18 Å². The monoisotopic (exact) mass is 260 g/mol. The van der Waals surface area contributed by atoms with E-state index in [0.717, 1.165) is 31.5 Å². The Bertz CT molecular complexity index is 428. The number of nitrogens with two attached hydrogens (primary N) is 1. The number of benzene rings is 1. The molecule has 0 radical (unpaired) electrons. The van der Waals surface area contributed by atoms with Crippen molar-refractivity contribution in [3.05, 3.63) is 29.3 Å². The zero-order valence-corrected chi connectivity index (χ0v) is 9.67. The molecule has 4 N–H and O–H groups in total. The third-order valence-corrected chi connectivity index (χ3v) is 3.21. The van der Waals surface area contributed by atoms with Crippen molar-refractivity contribution in [3.8, 4) is 0 Å².